The molecule has 0 spiro atoms. The minimum absolute atomic E-state index is 0.0119. The van der Waals surface area contributed by atoms with Crippen LogP contribution in [0.15, 0.2) is 28.0 Å². The fraction of sp³-hybridized carbons (Fsp3) is 0.267. The number of fused-ring (bicyclic) bond motifs is 1. The predicted molar refractivity (Wildman–Crippen MR) is 84.9 cm³/mol. The summed E-state index contributed by atoms with van der Waals surface area (Å²) in [5.41, 5.74) is -0.231. The maximum absolute atomic E-state index is 12.7. The number of anilines is 2. The van der Waals surface area contributed by atoms with Gasteiger partial charge in [0.1, 0.15) is 11.2 Å². The standard InChI is InChI=1S/C15H11F3N4O2S/c16-15(17,18)7-1-4-9-11(5-7)24-13(20-9)22-14-21-10(6-25-14)12(23)19-8-2-3-8/h1,4-6,8H,2-3H2,(H,19,23)(H,20,21,22). The van der Waals surface area contributed by atoms with Crippen molar-refractivity contribution in [1.29, 1.82) is 0 Å². The fourth-order valence-electron chi connectivity index (χ4n) is 2.17. The summed E-state index contributed by atoms with van der Waals surface area (Å²) in [6.07, 6.45) is -2.50. The van der Waals surface area contributed by atoms with E-state index in [-0.39, 0.29) is 29.2 Å². The lowest BCUT2D eigenvalue weighted by Crippen LogP contribution is -2.25. The molecule has 1 aromatic carbocycles. The van der Waals surface area contributed by atoms with Crippen LogP contribution in [0.4, 0.5) is 24.3 Å². The summed E-state index contributed by atoms with van der Waals surface area (Å²) < 4.78 is 43.5. The van der Waals surface area contributed by atoms with Gasteiger partial charge in [-0.1, -0.05) is 0 Å². The van der Waals surface area contributed by atoms with Gasteiger partial charge in [-0.3, -0.25) is 10.1 Å². The van der Waals surface area contributed by atoms with Gasteiger partial charge in [-0.2, -0.15) is 18.2 Å². The largest absolute Gasteiger partial charge is 0.423 e. The first-order valence-corrected chi connectivity index (χ1v) is 8.28. The number of aromatic nitrogens is 2. The van der Waals surface area contributed by atoms with Crippen LogP contribution in [0, 0.1) is 0 Å². The zero-order valence-corrected chi connectivity index (χ0v) is 13.4. The molecule has 0 saturated heterocycles. The molecule has 1 amide bonds. The molecule has 2 aromatic heterocycles. The number of thiazole rings is 1. The van der Waals surface area contributed by atoms with E-state index in [0.29, 0.717) is 10.6 Å². The molecule has 10 heteroatoms. The van der Waals surface area contributed by atoms with Crippen molar-refractivity contribution in [3.8, 4) is 0 Å². The van der Waals surface area contributed by atoms with E-state index in [9.17, 15) is 18.0 Å². The summed E-state index contributed by atoms with van der Waals surface area (Å²) in [4.78, 5) is 20.1. The van der Waals surface area contributed by atoms with Crippen LogP contribution in [-0.4, -0.2) is 21.9 Å². The molecule has 0 unspecified atom stereocenters. The summed E-state index contributed by atoms with van der Waals surface area (Å²) >= 11 is 1.17. The van der Waals surface area contributed by atoms with E-state index in [1.54, 1.807) is 5.38 Å². The Morgan fingerprint density at radius 3 is 2.80 bits per heavy atom. The van der Waals surface area contributed by atoms with Gasteiger partial charge in [0.2, 0.25) is 0 Å². The van der Waals surface area contributed by atoms with Crippen LogP contribution in [0.25, 0.3) is 11.1 Å². The fourth-order valence-corrected chi connectivity index (χ4v) is 2.85. The lowest BCUT2D eigenvalue weighted by Gasteiger charge is -2.04. The first-order valence-electron chi connectivity index (χ1n) is 7.40. The van der Waals surface area contributed by atoms with Crippen molar-refractivity contribution < 1.29 is 22.4 Å². The highest BCUT2D eigenvalue weighted by Crippen LogP contribution is 2.32. The number of nitrogens with one attached hydrogen (secondary N) is 2. The van der Waals surface area contributed by atoms with Crippen LogP contribution < -0.4 is 10.6 Å². The first-order chi connectivity index (χ1) is 11.9. The molecular weight excluding hydrogens is 357 g/mol. The number of carbonyl (C=O) groups is 1. The summed E-state index contributed by atoms with van der Waals surface area (Å²) in [5, 5.41) is 7.54. The Morgan fingerprint density at radius 1 is 1.28 bits per heavy atom. The molecule has 1 aliphatic rings. The second-order valence-corrected chi connectivity index (χ2v) is 6.47. The summed E-state index contributed by atoms with van der Waals surface area (Å²) in [5.74, 6) is -0.251. The molecule has 0 atom stereocenters. The molecule has 4 rings (SSSR count). The molecule has 1 saturated carbocycles. The number of rotatable bonds is 4. The van der Waals surface area contributed by atoms with E-state index in [2.05, 4.69) is 20.6 Å². The lowest BCUT2D eigenvalue weighted by molar-refractivity contribution is -0.137. The minimum Gasteiger partial charge on any atom is -0.423 e. The van der Waals surface area contributed by atoms with Gasteiger partial charge in [-0.25, -0.2) is 4.98 Å². The van der Waals surface area contributed by atoms with Gasteiger partial charge in [0.25, 0.3) is 5.91 Å². The zero-order chi connectivity index (χ0) is 17.6. The maximum Gasteiger partial charge on any atom is 0.416 e. The van der Waals surface area contributed by atoms with E-state index in [1.165, 1.54) is 17.4 Å². The van der Waals surface area contributed by atoms with Gasteiger partial charge >= 0.3 is 12.2 Å². The van der Waals surface area contributed by atoms with E-state index in [1.807, 2.05) is 0 Å². The Labute approximate surface area is 143 Å². The smallest absolute Gasteiger partial charge is 0.416 e. The number of oxazole rings is 1. The average molecular weight is 368 g/mol. The topological polar surface area (TPSA) is 80.0 Å². The Hall–Kier alpha value is -2.62. The number of hydrogen-bond donors (Lipinski definition) is 2. The van der Waals surface area contributed by atoms with Gasteiger partial charge in [-0.15, -0.1) is 11.3 Å². The molecule has 1 aliphatic carbocycles. The molecule has 6 nitrogen and oxygen atoms in total. The van der Waals surface area contributed by atoms with Crippen molar-refractivity contribution in [2.45, 2.75) is 25.1 Å². The number of benzene rings is 1. The molecule has 0 radical (unpaired) electrons. The minimum atomic E-state index is -4.45. The van der Waals surface area contributed by atoms with E-state index >= 15 is 0 Å². The monoisotopic (exact) mass is 368 g/mol. The van der Waals surface area contributed by atoms with E-state index in [0.717, 1.165) is 25.0 Å². The van der Waals surface area contributed by atoms with Gasteiger partial charge in [0.15, 0.2) is 10.7 Å². The first kappa shape index (κ1) is 15.9. The third-order valence-corrected chi connectivity index (χ3v) is 4.34. The average Bonchev–Trinajstić information content (AvgIpc) is 3.08. The molecule has 130 valence electrons. The van der Waals surface area contributed by atoms with Gasteiger partial charge in [-0.05, 0) is 31.0 Å². The highest BCUT2D eigenvalue weighted by molar-refractivity contribution is 7.14. The van der Waals surface area contributed by atoms with Crippen LogP contribution in [0.1, 0.15) is 28.9 Å². The number of amides is 1. The van der Waals surface area contributed by atoms with Crippen molar-refractivity contribution in [3.63, 3.8) is 0 Å². The Kier molecular flexibility index (Phi) is 3.64. The highest BCUT2D eigenvalue weighted by Gasteiger charge is 2.31. The second kappa shape index (κ2) is 5.73. The summed E-state index contributed by atoms with van der Waals surface area (Å²) in [6.45, 7) is 0. The predicted octanol–water partition coefficient (Wildman–Crippen LogP) is 3.94. The van der Waals surface area contributed by atoms with Crippen molar-refractivity contribution >= 4 is 39.5 Å². The van der Waals surface area contributed by atoms with Crippen LogP contribution in [0.3, 0.4) is 0 Å². The van der Waals surface area contributed by atoms with Crippen LogP contribution in [0.5, 0.6) is 0 Å². The van der Waals surface area contributed by atoms with Gasteiger partial charge in [0, 0.05) is 11.4 Å². The van der Waals surface area contributed by atoms with Crippen LogP contribution in [0.2, 0.25) is 0 Å². The zero-order valence-electron chi connectivity index (χ0n) is 12.6. The third-order valence-electron chi connectivity index (χ3n) is 3.58. The van der Waals surface area contributed by atoms with Gasteiger partial charge in [0.05, 0.1) is 5.56 Å². The molecule has 2 N–H and O–H groups in total. The molecule has 3 aromatic rings. The van der Waals surface area contributed by atoms with Crippen LogP contribution in [-0.2, 0) is 6.18 Å². The van der Waals surface area contributed by atoms with Crippen molar-refractivity contribution in [3.05, 3.63) is 34.8 Å². The van der Waals surface area contributed by atoms with Gasteiger partial charge < -0.3 is 9.73 Å². The molecule has 2 heterocycles. The number of halogens is 3. The second-order valence-electron chi connectivity index (χ2n) is 5.61. The normalized spacial score (nSPS) is 14.7. The molecule has 25 heavy (non-hydrogen) atoms. The van der Waals surface area contributed by atoms with Crippen molar-refractivity contribution in [2.24, 2.45) is 0 Å². The van der Waals surface area contributed by atoms with Crippen molar-refractivity contribution in [1.82, 2.24) is 15.3 Å². The van der Waals surface area contributed by atoms with Crippen LogP contribution >= 0.6 is 11.3 Å². The number of carbonyl (C=O) groups excluding carboxylic acids is 1. The Bertz CT molecular complexity index is 946. The molecule has 1 fully saturated rings. The molecular formula is C15H11F3N4O2S. The Balaban J connectivity index is 1.52. The third kappa shape index (κ3) is 3.43. The van der Waals surface area contributed by atoms with Crippen molar-refractivity contribution in [2.75, 3.05) is 5.32 Å². The highest BCUT2D eigenvalue weighted by atomic mass is 32.1. The molecule has 0 bridgehead atoms. The summed E-state index contributed by atoms with van der Waals surface area (Å²) in [7, 11) is 0. The number of nitrogens with zero attached hydrogens (tertiary/aromatic N) is 2. The Morgan fingerprint density at radius 2 is 2.08 bits per heavy atom. The lowest BCUT2D eigenvalue weighted by atomic mass is 10.2. The quantitative estimate of drug-likeness (QED) is 0.729. The van der Waals surface area contributed by atoms with E-state index in [4.69, 9.17) is 4.42 Å². The maximum atomic E-state index is 12.7. The molecule has 0 aliphatic heterocycles. The summed E-state index contributed by atoms with van der Waals surface area (Å²) in [6, 6.07) is 3.31. The SMILES string of the molecule is O=C(NC1CC1)c1csc(Nc2nc3ccc(C(F)(F)F)cc3o2)n1. The van der Waals surface area contributed by atoms with E-state index < -0.39 is 11.7 Å². The number of hydrogen-bond acceptors (Lipinski definition) is 6. The number of alkyl halides is 3.